The lowest BCUT2D eigenvalue weighted by molar-refractivity contribution is 0.0911. The molecule has 3 rings (SSSR count). The van der Waals surface area contributed by atoms with E-state index in [9.17, 15) is 4.79 Å². The largest absolute Gasteiger partial charge is 0.472 e. The van der Waals surface area contributed by atoms with Gasteiger partial charge in [-0.3, -0.25) is 4.79 Å². The Hall–Kier alpha value is -1.08. The first-order chi connectivity index (χ1) is 9.74. The third-order valence-electron chi connectivity index (χ3n) is 3.65. The normalized spacial score (nSPS) is 20.6. The second-order valence-electron chi connectivity index (χ2n) is 5.10. The maximum atomic E-state index is 12.2. The van der Waals surface area contributed by atoms with Crippen LogP contribution in [0.2, 0.25) is 0 Å². The Morgan fingerprint density at radius 3 is 3.00 bits per heavy atom. The van der Waals surface area contributed by atoms with Gasteiger partial charge in [0, 0.05) is 23.5 Å². The highest BCUT2D eigenvalue weighted by Crippen LogP contribution is 2.24. The molecule has 1 aliphatic heterocycles. The van der Waals surface area contributed by atoms with E-state index < -0.39 is 0 Å². The molecule has 0 aromatic carbocycles. The Bertz CT molecular complexity index is 589. The summed E-state index contributed by atoms with van der Waals surface area (Å²) in [4.78, 5) is 16.6. The molecule has 0 radical (unpaired) electrons. The molecule has 1 aliphatic rings. The first-order valence-corrected chi connectivity index (χ1v) is 7.61. The van der Waals surface area contributed by atoms with Gasteiger partial charge in [-0.1, -0.05) is 6.92 Å². The van der Waals surface area contributed by atoms with Crippen LogP contribution in [0.4, 0.5) is 0 Å². The van der Waals surface area contributed by atoms with Crippen molar-refractivity contribution in [1.82, 2.24) is 15.6 Å². The molecule has 2 atom stereocenters. The Labute approximate surface area is 145 Å². The summed E-state index contributed by atoms with van der Waals surface area (Å²) in [6.07, 6.45) is 4.32. The van der Waals surface area contributed by atoms with E-state index in [1.807, 2.05) is 6.07 Å². The highest BCUT2D eigenvalue weighted by molar-refractivity contribution is 7.13. The summed E-state index contributed by atoms with van der Waals surface area (Å²) in [5.74, 6) is 0.392. The summed E-state index contributed by atoms with van der Waals surface area (Å²) in [7, 11) is 0. The van der Waals surface area contributed by atoms with E-state index in [0.717, 1.165) is 30.1 Å². The Morgan fingerprint density at radius 1 is 1.50 bits per heavy atom. The summed E-state index contributed by atoms with van der Waals surface area (Å²) in [5.41, 5.74) is 1.38. The van der Waals surface area contributed by atoms with Crippen LogP contribution in [-0.4, -0.2) is 30.0 Å². The smallest absolute Gasteiger partial charge is 0.271 e. The number of furan rings is 1. The van der Waals surface area contributed by atoms with Crippen molar-refractivity contribution < 1.29 is 9.21 Å². The van der Waals surface area contributed by atoms with Gasteiger partial charge in [-0.15, -0.1) is 36.2 Å². The summed E-state index contributed by atoms with van der Waals surface area (Å²) in [6, 6.07) is 2.02. The minimum atomic E-state index is -0.100. The van der Waals surface area contributed by atoms with Crippen LogP contribution >= 0.6 is 36.2 Å². The minimum Gasteiger partial charge on any atom is -0.472 e. The number of nitrogens with zero attached hydrogens (tertiary/aromatic N) is 1. The van der Waals surface area contributed by atoms with Crippen LogP contribution < -0.4 is 10.6 Å². The van der Waals surface area contributed by atoms with Crippen molar-refractivity contribution in [3.8, 4) is 10.6 Å². The first kappa shape index (κ1) is 19.0. The summed E-state index contributed by atoms with van der Waals surface area (Å²) < 4.78 is 5.03. The number of hydrogen-bond acceptors (Lipinski definition) is 5. The van der Waals surface area contributed by atoms with E-state index >= 15 is 0 Å². The fraction of sp³-hybridized carbons (Fsp3) is 0.429. The van der Waals surface area contributed by atoms with Crippen LogP contribution in [0.3, 0.4) is 0 Å². The highest BCUT2D eigenvalue weighted by atomic mass is 35.5. The molecule has 2 aromatic heterocycles. The van der Waals surface area contributed by atoms with E-state index in [2.05, 4.69) is 22.5 Å². The van der Waals surface area contributed by atoms with Crippen LogP contribution in [0, 0.1) is 5.92 Å². The standard InChI is InChI=1S/C14H17N3O2S.2ClH/c1-9-2-4-15-6-11(9)16-13(18)12-8-20-14(17-12)10-3-5-19-7-10;;/h3,5,7-9,11,15H,2,4,6H2,1H3,(H,16,18);2*1H. The number of carbonyl (C=O) groups is 1. The number of aromatic nitrogens is 1. The molecule has 5 nitrogen and oxygen atoms in total. The highest BCUT2D eigenvalue weighted by Gasteiger charge is 2.24. The zero-order valence-electron chi connectivity index (χ0n) is 12.1. The number of piperidine rings is 1. The van der Waals surface area contributed by atoms with Gasteiger partial charge >= 0.3 is 0 Å². The predicted octanol–water partition coefficient (Wildman–Crippen LogP) is 2.97. The van der Waals surface area contributed by atoms with E-state index in [-0.39, 0.29) is 36.8 Å². The summed E-state index contributed by atoms with van der Waals surface area (Å²) in [5, 5.41) is 8.96. The molecule has 8 heteroatoms. The number of nitrogens with one attached hydrogen (secondary N) is 2. The van der Waals surface area contributed by atoms with Crippen molar-refractivity contribution in [2.24, 2.45) is 5.92 Å². The maximum Gasteiger partial charge on any atom is 0.271 e. The molecular formula is C14H19Cl2N3O2S. The molecule has 1 fully saturated rings. The van der Waals surface area contributed by atoms with Gasteiger partial charge in [-0.2, -0.15) is 0 Å². The molecule has 3 heterocycles. The quantitative estimate of drug-likeness (QED) is 0.879. The molecule has 122 valence electrons. The van der Waals surface area contributed by atoms with E-state index in [1.54, 1.807) is 17.9 Å². The van der Waals surface area contributed by atoms with Gasteiger partial charge < -0.3 is 15.1 Å². The number of amides is 1. The van der Waals surface area contributed by atoms with E-state index in [4.69, 9.17) is 4.42 Å². The lowest BCUT2D eigenvalue weighted by Gasteiger charge is -2.29. The maximum absolute atomic E-state index is 12.2. The van der Waals surface area contributed by atoms with Gasteiger partial charge in [0.05, 0.1) is 6.26 Å². The van der Waals surface area contributed by atoms with Crippen LogP contribution in [-0.2, 0) is 0 Å². The lowest BCUT2D eigenvalue weighted by Crippen LogP contribution is -2.50. The van der Waals surface area contributed by atoms with E-state index in [1.165, 1.54) is 11.3 Å². The average molecular weight is 364 g/mol. The van der Waals surface area contributed by atoms with Crippen molar-refractivity contribution in [3.05, 3.63) is 29.7 Å². The molecule has 2 unspecified atom stereocenters. The molecule has 2 aromatic rings. The number of thiazole rings is 1. The lowest BCUT2D eigenvalue weighted by atomic mass is 9.95. The fourth-order valence-corrected chi connectivity index (χ4v) is 3.11. The van der Waals surface area contributed by atoms with Gasteiger partial charge in [0.2, 0.25) is 0 Å². The van der Waals surface area contributed by atoms with Crippen LogP contribution in [0.25, 0.3) is 10.6 Å². The van der Waals surface area contributed by atoms with Gasteiger partial charge in [0.1, 0.15) is 17.0 Å². The van der Waals surface area contributed by atoms with E-state index in [0.29, 0.717) is 11.6 Å². The zero-order chi connectivity index (χ0) is 13.9. The first-order valence-electron chi connectivity index (χ1n) is 6.73. The van der Waals surface area contributed by atoms with Gasteiger partial charge in [0.25, 0.3) is 5.91 Å². The molecule has 0 bridgehead atoms. The molecule has 2 N–H and O–H groups in total. The number of rotatable bonds is 3. The van der Waals surface area contributed by atoms with Crippen molar-refractivity contribution in [1.29, 1.82) is 0 Å². The Balaban J connectivity index is 0.00000121. The molecule has 0 spiro atoms. The van der Waals surface area contributed by atoms with Crippen molar-refractivity contribution in [2.75, 3.05) is 13.1 Å². The average Bonchev–Trinajstić information content (AvgIpc) is 3.11. The van der Waals surface area contributed by atoms with Crippen LogP contribution in [0.1, 0.15) is 23.8 Å². The second-order valence-corrected chi connectivity index (χ2v) is 5.96. The monoisotopic (exact) mass is 363 g/mol. The Kier molecular flexibility index (Phi) is 7.35. The van der Waals surface area contributed by atoms with Crippen LogP contribution in [0.15, 0.2) is 28.4 Å². The minimum absolute atomic E-state index is 0. The fourth-order valence-electron chi connectivity index (χ4n) is 2.32. The zero-order valence-corrected chi connectivity index (χ0v) is 14.5. The third-order valence-corrected chi connectivity index (χ3v) is 4.54. The van der Waals surface area contributed by atoms with Crippen molar-refractivity contribution >= 4 is 42.1 Å². The second kappa shape index (κ2) is 8.53. The molecule has 1 saturated heterocycles. The molecule has 0 saturated carbocycles. The van der Waals surface area contributed by atoms with Crippen molar-refractivity contribution in [3.63, 3.8) is 0 Å². The molecular weight excluding hydrogens is 345 g/mol. The summed E-state index contributed by atoms with van der Waals surface area (Å²) >= 11 is 1.45. The SMILES string of the molecule is CC1CCNCC1NC(=O)c1csc(-c2ccoc2)n1.Cl.Cl. The third kappa shape index (κ3) is 4.23. The van der Waals surface area contributed by atoms with Crippen LogP contribution in [0.5, 0.6) is 0 Å². The number of hydrogen-bond donors (Lipinski definition) is 2. The van der Waals surface area contributed by atoms with Gasteiger partial charge in [-0.05, 0) is 24.9 Å². The Morgan fingerprint density at radius 2 is 2.32 bits per heavy atom. The number of carbonyl (C=O) groups excluding carboxylic acids is 1. The molecule has 22 heavy (non-hydrogen) atoms. The number of halogens is 2. The van der Waals surface area contributed by atoms with Gasteiger partial charge in [-0.25, -0.2) is 4.98 Å². The summed E-state index contributed by atoms with van der Waals surface area (Å²) in [6.45, 7) is 4.02. The molecule has 0 aliphatic carbocycles. The van der Waals surface area contributed by atoms with Crippen molar-refractivity contribution in [2.45, 2.75) is 19.4 Å². The topological polar surface area (TPSA) is 67.2 Å². The predicted molar refractivity (Wildman–Crippen MR) is 92.2 cm³/mol. The molecule has 1 amide bonds. The van der Waals surface area contributed by atoms with Gasteiger partial charge in [0.15, 0.2) is 0 Å².